The van der Waals surface area contributed by atoms with Gasteiger partial charge in [-0.15, -0.1) is 0 Å². The van der Waals surface area contributed by atoms with Crippen LogP contribution in [-0.2, 0) is 27.9 Å². The van der Waals surface area contributed by atoms with Crippen LogP contribution in [0.3, 0.4) is 0 Å². The summed E-state index contributed by atoms with van der Waals surface area (Å²) in [6.45, 7) is 0.880. The zero-order valence-corrected chi connectivity index (χ0v) is 20.1. The first-order valence-electron chi connectivity index (χ1n) is 12.7. The van der Waals surface area contributed by atoms with E-state index in [0.29, 0.717) is 18.5 Å². The van der Waals surface area contributed by atoms with E-state index in [-0.39, 0.29) is 43.3 Å². The van der Waals surface area contributed by atoms with Gasteiger partial charge in [0.25, 0.3) is 0 Å². The van der Waals surface area contributed by atoms with Crippen molar-refractivity contribution in [2.24, 2.45) is 11.8 Å². The van der Waals surface area contributed by atoms with Crippen molar-refractivity contribution in [2.45, 2.75) is 62.9 Å². The number of piperidine rings is 1. The van der Waals surface area contributed by atoms with Crippen LogP contribution in [-0.4, -0.2) is 45.9 Å². The van der Waals surface area contributed by atoms with Gasteiger partial charge in [0, 0.05) is 38.0 Å². The first kappa shape index (κ1) is 24.8. The van der Waals surface area contributed by atoms with Gasteiger partial charge in [-0.25, -0.2) is 0 Å². The lowest BCUT2D eigenvalue weighted by molar-refractivity contribution is -0.158. The van der Waals surface area contributed by atoms with Crippen molar-refractivity contribution in [1.82, 2.24) is 9.80 Å². The third-order valence-corrected chi connectivity index (χ3v) is 8.25. The van der Waals surface area contributed by atoms with Crippen molar-refractivity contribution < 1.29 is 27.9 Å². The summed E-state index contributed by atoms with van der Waals surface area (Å²) in [6, 6.07) is 14.4. The van der Waals surface area contributed by atoms with Crippen molar-refractivity contribution in [3.8, 4) is 0 Å². The zero-order valence-electron chi connectivity index (χ0n) is 20.1. The van der Waals surface area contributed by atoms with Crippen molar-refractivity contribution in [3.63, 3.8) is 0 Å². The Hall–Kier alpha value is -2.87. The minimum absolute atomic E-state index is 0.0493. The topological polar surface area (TPSA) is 60.9 Å². The van der Waals surface area contributed by atoms with Gasteiger partial charge in [-0.1, -0.05) is 55.3 Å². The monoisotopic (exact) mass is 500 g/mol. The van der Waals surface area contributed by atoms with Gasteiger partial charge >= 0.3 is 6.18 Å². The van der Waals surface area contributed by atoms with Gasteiger partial charge < -0.3 is 14.9 Å². The molecule has 2 aromatic rings. The number of benzene rings is 2. The summed E-state index contributed by atoms with van der Waals surface area (Å²) in [4.78, 5) is 29.8. The third kappa shape index (κ3) is 4.63. The zero-order chi connectivity index (χ0) is 25.5. The molecule has 3 aliphatic rings. The third-order valence-electron chi connectivity index (χ3n) is 8.25. The van der Waals surface area contributed by atoms with Crippen LogP contribution in [0.25, 0.3) is 0 Å². The molecule has 5 nitrogen and oxygen atoms in total. The first-order valence-corrected chi connectivity index (χ1v) is 12.7. The number of nitrogens with zero attached hydrogens (tertiary/aromatic N) is 2. The maximum atomic E-state index is 13.6. The first-order chi connectivity index (χ1) is 17.2. The van der Waals surface area contributed by atoms with Gasteiger partial charge in [0.2, 0.25) is 11.8 Å². The Kier molecular flexibility index (Phi) is 6.57. The van der Waals surface area contributed by atoms with Gasteiger partial charge in [0.05, 0.1) is 17.1 Å². The number of halogens is 3. The number of aliphatic hydroxyl groups is 1. The molecular formula is C28H31F3N2O3. The number of fused-ring (bicyclic) bond motifs is 1. The lowest BCUT2D eigenvalue weighted by Crippen LogP contribution is -2.60. The Labute approximate surface area is 208 Å². The largest absolute Gasteiger partial charge is 0.416 e. The molecule has 192 valence electrons. The van der Waals surface area contributed by atoms with Gasteiger partial charge in [0.1, 0.15) is 0 Å². The Bertz CT molecular complexity index is 1110. The molecule has 0 aromatic heterocycles. The van der Waals surface area contributed by atoms with E-state index in [1.165, 1.54) is 12.1 Å². The molecule has 36 heavy (non-hydrogen) atoms. The highest BCUT2D eigenvalue weighted by atomic mass is 19.4. The van der Waals surface area contributed by atoms with Crippen LogP contribution in [0.15, 0.2) is 54.6 Å². The normalized spacial score (nSPS) is 28.8. The molecule has 1 N–H and O–H groups in total. The highest BCUT2D eigenvalue weighted by molar-refractivity contribution is 5.89. The van der Waals surface area contributed by atoms with Gasteiger partial charge in [-0.3, -0.25) is 9.59 Å². The quantitative estimate of drug-likeness (QED) is 0.660. The summed E-state index contributed by atoms with van der Waals surface area (Å²) in [7, 11) is 0. The fourth-order valence-corrected chi connectivity index (χ4v) is 6.39. The summed E-state index contributed by atoms with van der Waals surface area (Å²) in [5, 5.41) is 11.7. The molecule has 4 unspecified atom stereocenters. The van der Waals surface area contributed by atoms with E-state index in [4.69, 9.17) is 0 Å². The number of hydrogen-bond acceptors (Lipinski definition) is 3. The fourth-order valence-electron chi connectivity index (χ4n) is 6.39. The molecule has 0 bridgehead atoms. The smallest absolute Gasteiger partial charge is 0.385 e. The van der Waals surface area contributed by atoms with E-state index < -0.39 is 23.3 Å². The molecule has 2 aromatic carbocycles. The van der Waals surface area contributed by atoms with E-state index >= 15 is 0 Å². The van der Waals surface area contributed by atoms with Crippen LogP contribution < -0.4 is 0 Å². The molecule has 2 saturated heterocycles. The minimum Gasteiger partial charge on any atom is -0.385 e. The molecule has 3 fully saturated rings. The van der Waals surface area contributed by atoms with Crippen molar-refractivity contribution in [1.29, 1.82) is 0 Å². The standard InChI is InChI=1S/C28H31F3N2O3/c29-28(30,31)22-12-10-19(11-13-22)17-32-18-20(16-25(32)34)26(35)33-15-14-27(36,21-6-2-1-3-7-21)23-8-4-5-9-24(23)33/h1-3,6-7,10-13,20,23-24,36H,4-5,8-9,14-18H2. The Morgan fingerprint density at radius 3 is 2.42 bits per heavy atom. The van der Waals surface area contributed by atoms with Crippen molar-refractivity contribution in [2.75, 3.05) is 13.1 Å². The van der Waals surface area contributed by atoms with Crippen LogP contribution in [0.5, 0.6) is 0 Å². The van der Waals surface area contributed by atoms with E-state index in [0.717, 1.165) is 43.4 Å². The fraction of sp³-hybridized carbons (Fsp3) is 0.500. The van der Waals surface area contributed by atoms with E-state index in [1.54, 1.807) is 4.90 Å². The summed E-state index contributed by atoms with van der Waals surface area (Å²) in [5.74, 6) is -0.735. The predicted octanol–water partition coefficient (Wildman–Crippen LogP) is 4.73. The predicted molar refractivity (Wildman–Crippen MR) is 127 cm³/mol. The van der Waals surface area contributed by atoms with Crippen molar-refractivity contribution in [3.05, 3.63) is 71.3 Å². The maximum Gasteiger partial charge on any atom is 0.416 e. The highest BCUT2D eigenvalue weighted by Gasteiger charge is 2.51. The SMILES string of the molecule is O=C1CC(C(=O)N2CCC(O)(c3ccccc3)C3CCCCC32)CN1Cc1ccc(C(F)(F)F)cc1. The van der Waals surface area contributed by atoms with E-state index in [2.05, 4.69) is 0 Å². The number of alkyl halides is 3. The number of amides is 2. The average Bonchev–Trinajstić information content (AvgIpc) is 3.24. The summed E-state index contributed by atoms with van der Waals surface area (Å²) in [6.07, 6.45) is -0.140. The maximum absolute atomic E-state index is 13.6. The van der Waals surface area contributed by atoms with E-state index in [9.17, 15) is 27.9 Å². The van der Waals surface area contributed by atoms with Gasteiger partial charge in [-0.05, 0) is 42.5 Å². The van der Waals surface area contributed by atoms with Crippen molar-refractivity contribution >= 4 is 11.8 Å². The molecule has 1 aliphatic carbocycles. The molecule has 8 heteroatoms. The Morgan fingerprint density at radius 1 is 1.03 bits per heavy atom. The van der Waals surface area contributed by atoms with Crippen LogP contribution >= 0.6 is 0 Å². The number of likely N-dealkylation sites (tertiary alicyclic amines) is 2. The second-order valence-corrected chi connectivity index (χ2v) is 10.4. The minimum atomic E-state index is -4.41. The molecule has 4 atom stereocenters. The van der Waals surface area contributed by atoms with Crippen LogP contribution in [0.1, 0.15) is 55.2 Å². The average molecular weight is 501 g/mol. The molecular weight excluding hydrogens is 469 g/mol. The number of hydrogen-bond donors (Lipinski definition) is 1. The van der Waals surface area contributed by atoms with Crippen LogP contribution in [0.2, 0.25) is 0 Å². The Balaban J connectivity index is 1.28. The molecule has 2 aliphatic heterocycles. The molecule has 0 radical (unpaired) electrons. The second kappa shape index (κ2) is 9.54. The van der Waals surface area contributed by atoms with Crippen LogP contribution in [0, 0.1) is 11.8 Å². The van der Waals surface area contributed by atoms with Gasteiger partial charge in [-0.2, -0.15) is 13.2 Å². The van der Waals surface area contributed by atoms with Crippen LogP contribution in [0.4, 0.5) is 13.2 Å². The molecule has 5 rings (SSSR count). The summed E-state index contributed by atoms with van der Waals surface area (Å²) < 4.78 is 38.5. The highest BCUT2D eigenvalue weighted by Crippen LogP contribution is 2.47. The molecule has 1 saturated carbocycles. The number of rotatable bonds is 4. The molecule has 2 heterocycles. The number of carbonyl (C=O) groups excluding carboxylic acids is 2. The molecule has 2 amide bonds. The second-order valence-electron chi connectivity index (χ2n) is 10.4. The number of carbonyl (C=O) groups is 2. The van der Waals surface area contributed by atoms with Gasteiger partial charge in [0.15, 0.2) is 0 Å². The summed E-state index contributed by atoms with van der Waals surface area (Å²) in [5.41, 5.74) is -0.200. The van der Waals surface area contributed by atoms with E-state index in [1.807, 2.05) is 35.2 Å². The Morgan fingerprint density at radius 2 is 1.72 bits per heavy atom. The summed E-state index contributed by atoms with van der Waals surface area (Å²) >= 11 is 0. The lowest BCUT2D eigenvalue weighted by atomic mass is 9.66. The lowest BCUT2D eigenvalue weighted by Gasteiger charge is -2.53. The molecule has 0 spiro atoms.